The Kier molecular flexibility index (Phi) is 1.62. The second-order valence-corrected chi connectivity index (χ2v) is 2.44. The van der Waals surface area contributed by atoms with Crippen molar-refractivity contribution in [2.24, 2.45) is 0 Å². The Morgan fingerprint density at radius 3 is 1.91 bits per heavy atom. The van der Waals surface area contributed by atoms with Crippen molar-refractivity contribution in [3.8, 4) is 0 Å². The molecule has 0 radical (unpaired) electrons. The monoisotopic (exact) mass is 158 g/mol. The second-order valence-electron chi connectivity index (χ2n) is 2.44. The molecule has 1 rings (SSSR count). The van der Waals surface area contributed by atoms with E-state index in [-0.39, 0.29) is 12.8 Å². The van der Waals surface area contributed by atoms with Gasteiger partial charge in [-0.05, 0) is 0 Å². The minimum Gasteiger partial charge on any atom is -0.227 e. The van der Waals surface area contributed by atoms with Crippen molar-refractivity contribution in [2.75, 3.05) is 0 Å². The van der Waals surface area contributed by atoms with Gasteiger partial charge in [0.2, 0.25) is 0 Å². The van der Waals surface area contributed by atoms with E-state index in [0.717, 1.165) is 6.92 Å². The summed E-state index contributed by atoms with van der Waals surface area (Å²) in [5, 5.41) is 9.19. The Morgan fingerprint density at radius 2 is 1.73 bits per heavy atom. The molecule has 0 aromatic rings. The minimum atomic E-state index is -1.64. The molecule has 0 bridgehead atoms. The highest BCUT2D eigenvalue weighted by atomic mass is 16.6. The number of nitrogens with zero attached hydrogens (tertiary/aromatic N) is 1. The predicted octanol–water partition coefficient (Wildman–Crippen LogP) is -0.414. The Morgan fingerprint density at radius 1 is 1.36 bits per heavy atom. The first-order valence-corrected chi connectivity index (χ1v) is 3.19. The van der Waals surface area contributed by atoms with Gasteiger partial charge >= 0.3 is 17.7 Å². The van der Waals surface area contributed by atoms with Crippen LogP contribution in [0.5, 0.6) is 0 Å². The number of hydroxylamine groups is 3. The van der Waals surface area contributed by atoms with Crippen LogP contribution in [0.25, 0.3) is 0 Å². The summed E-state index contributed by atoms with van der Waals surface area (Å²) in [4.78, 5) is 32.3. The Balaban J connectivity index is 3.08. The quantitative estimate of drug-likeness (QED) is 0.295. The van der Waals surface area contributed by atoms with Crippen LogP contribution in [0, 0.1) is 0 Å². The highest BCUT2D eigenvalue weighted by Crippen LogP contribution is 2.19. The summed E-state index contributed by atoms with van der Waals surface area (Å²) in [7, 11) is 0. The van der Waals surface area contributed by atoms with Gasteiger partial charge < -0.3 is 0 Å². The molecule has 0 aliphatic carbocycles. The van der Waals surface area contributed by atoms with E-state index in [9.17, 15) is 19.6 Å². The van der Waals surface area contributed by atoms with Crippen LogP contribution in [0.2, 0.25) is 0 Å². The van der Waals surface area contributed by atoms with Gasteiger partial charge in [0.15, 0.2) is 0 Å². The molecule has 0 aromatic heterocycles. The van der Waals surface area contributed by atoms with Crippen molar-refractivity contribution in [3.63, 3.8) is 0 Å². The van der Waals surface area contributed by atoms with Crippen LogP contribution in [0.15, 0.2) is 0 Å². The summed E-state index contributed by atoms with van der Waals surface area (Å²) >= 11 is 0. The molecule has 1 heterocycles. The molecule has 0 atom stereocenters. The average molecular weight is 158 g/mol. The molecule has 1 aliphatic rings. The molecular weight excluding hydrogens is 150 g/mol. The molecular formula is C6H8NO4+. The third-order valence-electron chi connectivity index (χ3n) is 1.73. The summed E-state index contributed by atoms with van der Waals surface area (Å²) < 4.78 is -1.64. The number of carbonyl (C=O) groups excluding carboxylic acids is 3. The molecule has 1 aliphatic heterocycles. The van der Waals surface area contributed by atoms with Crippen molar-refractivity contribution < 1.29 is 24.2 Å². The fourth-order valence-electron chi connectivity index (χ4n) is 1.03. The summed E-state index contributed by atoms with van der Waals surface area (Å²) in [6.45, 7) is 1.01. The molecule has 3 amide bonds. The molecule has 1 saturated heterocycles. The Bertz CT molecular complexity index is 229. The van der Waals surface area contributed by atoms with E-state index in [1.165, 1.54) is 0 Å². The van der Waals surface area contributed by atoms with Crippen LogP contribution < -0.4 is 0 Å². The molecule has 11 heavy (non-hydrogen) atoms. The lowest BCUT2D eigenvalue weighted by Gasteiger charge is -2.12. The van der Waals surface area contributed by atoms with Crippen molar-refractivity contribution >= 4 is 17.7 Å². The first-order valence-electron chi connectivity index (χ1n) is 3.19. The number of hydrogen-bond acceptors (Lipinski definition) is 4. The molecule has 1 fully saturated rings. The highest BCUT2D eigenvalue weighted by Gasteiger charge is 2.54. The fourth-order valence-corrected chi connectivity index (χ4v) is 1.03. The molecule has 0 aromatic carbocycles. The third-order valence-corrected chi connectivity index (χ3v) is 1.73. The lowest BCUT2D eigenvalue weighted by molar-refractivity contribution is -0.904. The van der Waals surface area contributed by atoms with Gasteiger partial charge in [0.1, 0.15) is 0 Å². The van der Waals surface area contributed by atoms with Crippen LogP contribution in [-0.2, 0) is 14.4 Å². The van der Waals surface area contributed by atoms with Crippen molar-refractivity contribution in [1.29, 1.82) is 0 Å². The van der Waals surface area contributed by atoms with Crippen LogP contribution in [0.3, 0.4) is 0 Å². The fraction of sp³-hybridized carbons (Fsp3) is 0.500. The van der Waals surface area contributed by atoms with Gasteiger partial charge in [-0.1, -0.05) is 0 Å². The number of quaternary nitrogens is 1. The van der Waals surface area contributed by atoms with Gasteiger partial charge in [0, 0.05) is 4.65 Å². The predicted molar refractivity (Wildman–Crippen MR) is 32.0 cm³/mol. The summed E-state index contributed by atoms with van der Waals surface area (Å²) in [5.41, 5.74) is 0. The maximum Gasteiger partial charge on any atom is 0.361 e. The zero-order valence-corrected chi connectivity index (χ0v) is 6.03. The number of hydrogen-bond donors (Lipinski definition) is 1. The van der Waals surface area contributed by atoms with E-state index in [4.69, 9.17) is 0 Å². The number of imide groups is 3. The van der Waals surface area contributed by atoms with Gasteiger partial charge in [-0.15, -0.1) is 0 Å². The first kappa shape index (κ1) is 8.03. The van der Waals surface area contributed by atoms with E-state index in [1.54, 1.807) is 0 Å². The lowest BCUT2D eigenvalue weighted by atomic mass is 10.4. The third kappa shape index (κ3) is 0.892. The molecule has 5 heteroatoms. The molecule has 0 spiro atoms. The largest absolute Gasteiger partial charge is 0.361 e. The van der Waals surface area contributed by atoms with E-state index >= 15 is 0 Å². The van der Waals surface area contributed by atoms with Crippen LogP contribution in [0.1, 0.15) is 19.8 Å². The topological polar surface area (TPSA) is 71.4 Å². The zero-order chi connectivity index (χ0) is 8.65. The average Bonchev–Trinajstić information content (AvgIpc) is 2.18. The van der Waals surface area contributed by atoms with E-state index in [1.807, 2.05) is 0 Å². The maximum absolute atomic E-state index is 10.8. The van der Waals surface area contributed by atoms with Crippen LogP contribution >= 0.6 is 0 Å². The van der Waals surface area contributed by atoms with Gasteiger partial charge in [0.05, 0.1) is 19.8 Å². The number of amides is 3. The van der Waals surface area contributed by atoms with Crippen molar-refractivity contribution in [1.82, 2.24) is 0 Å². The van der Waals surface area contributed by atoms with Gasteiger partial charge in [0.25, 0.3) is 0 Å². The van der Waals surface area contributed by atoms with Gasteiger partial charge in [-0.25, -0.2) is 14.4 Å². The van der Waals surface area contributed by atoms with E-state index in [0.29, 0.717) is 0 Å². The first-order chi connectivity index (χ1) is 4.99. The number of likely N-dealkylation sites (tertiary alicyclic amines) is 1. The summed E-state index contributed by atoms with van der Waals surface area (Å²) in [5.74, 6) is -2.30. The van der Waals surface area contributed by atoms with E-state index in [2.05, 4.69) is 0 Å². The van der Waals surface area contributed by atoms with Crippen molar-refractivity contribution in [3.05, 3.63) is 0 Å². The number of rotatable bonds is 0. The molecule has 1 N–H and O–H groups in total. The Hall–Kier alpha value is -1.07. The van der Waals surface area contributed by atoms with Crippen LogP contribution in [-0.4, -0.2) is 27.6 Å². The van der Waals surface area contributed by atoms with Gasteiger partial charge in [-0.3, -0.25) is 0 Å². The zero-order valence-electron chi connectivity index (χ0n) is 6.03. The molecule has 0 saturated carbocycles. The van der Waals surface area contributed by atoms with Crippen molar-refractivity contribution in [2.45, 2.75) is 19.8 Å². The standard InChI is InChI=1S/C6H8NO4/c1-4(8)7(11)5(9)2-3-6(7)10/h11H,2-3H2,1H3/q+1. The summed E-state index contributed by atoms with van der Waals surface area (Å²) in [6, 6.07) is 0. The lowest BCUT2D eigenvalue weighted by Crippen LogP contribution is -2.52. The molecule has 5 nitrogen and oxygen atoms in total. The Labute approximate surface area is 62.8 Å². The SMILES string of the molecule is CC(=O)[N+]1(O)C(=O)CCC1=O. The van der Waals surface area contributed by atoms with Gasteiger partial charge in [-0.2, -0.15) is 5.21 Å². The van der Waals surface area contributed by atoms with Crippen LogP contribution in [0.4, 0.5) is 0 Å². The second kappa shape index (κ2) is 2.21. The maximum atomic E-state index is 10.8. The summed E-state index contributed by atoms with van der Waals surface area (Å²) in [6.07, 6.45) is -0.0934. The molecule has 60 valence electrons. The smallest absolute Gasteiger partial charge is 0.227 e. The number of carbonyl (C=O) groups is 3. The highest BCUT2D eigenvalue weighted by molar-refractivity contribution is 6.00. The minimum absolute atomic E-state index is 0.0467. The van der Waals surface area contributed by atoms with E-state index < -0.39 is 22.4 Å². The normalized spacial score (nSPS) is 22.4. The molecule has 0 unspecified atom stereocenters.